The van der Waals surface area contributed by atoms with E-state index >= 15 is 0 Å². The molecule has 0 atom stereocenters. The highest BCUT2D eigenvalue weighted by molar-refractivity contribution is 7.22. The monoisotopic (exact) mass is 330 g/mol. The first-order chi connectivity index (χ1) is 11.1. The number of anilines is 1. The number of nitrogens with zero attached hydrogens (tertiary/aromatic N) is 1. The van der Waals surface area contributed by atoms with Crippen molar-refractivity contribution in [1.29, 1.82) is 0 Å². The predicted molar refractivity (Wildman–Crippen MR) is 85.3 cm³/mol. The van der Waals surface area contributed by atoms with Crippen molar-refractivity contribution in [3.8, 4) is 0 Å². The number of methoxy groups -OCH3 is 1. The molecule has 0 aliphatic heterocycles. The Balaban J connectivity index is 1.84. The van der Waals surface area contributed by atoms with E-state index in [1.165, 1.54) is 36.6 Å². The Morgan fingerprint density at radius 3 is 2.74 bits per heavy atom. The fraction of sp³-hybridized carbons (Fsp3) is 0.0625. The molecule has 0 spiro atoms. The summed E-state index contributed by atoms with van der Waals surface area (Å²) >= 11 is 1.17. The number of nitrogens with one attached hydrogen (secondary N) is 1. The standard InChI is InChI=1S/C16H11FN2O3S/c1-22-15(21)10-4-2-3-9(7-10)14(20)19-16-18-12-6-5-11(17)8-13(12)23-16/h2-8H,1H3,(H,18,19,20). The van der Waals surface area contributed by atoms with Crippen LogP contribution in [0.25, 0.3) is 10.2 Å². The lowest BCUT2D eigenvalue weighted by molar-refractivity contribution is 0.0600. The van der Waals surface area contributed by atoms with Crippen LogP contribution in [0.4, 0.5) is 9.52 Å². The van der Waals surface area contributed by atoms with Crippen molar-refractivity contribution in [2.75, 3.05) is 12.4 Å². The van der Waals surface area contributed by atoms with Gasteiger partial charge in [0.2, 0.25) is 0 Å². The molecule has 7 heteroatoms. The molecule has 5 nitrogen and oxygen atoms in total. The third-order valence-corrected chi connectivity index (χ3v) is 4.05. The summed E-state index contributed by atoms with van der Waals surface area (Å²) in [6.07, 6.45) is 0. The maximum absolute atomic E-state index is 13.2. The van der Waals surface area contributed by atoms with Crippen LogP contribution in [0.15, 0.2) is 42.5 Å². The molecule has 0 unspecified atom stereocenters. The summed E-state index contributed by atoms with van der Waals surface area (Å²) in [5.41, 5.74) is 1.19. The average molecular weight is 330 g/mol. The molecule has 0 saturated heterocycles. The van der Waals surface area contributed by atoms with Gasteiger partial charge < -0.3 is 4.74 Å². The lowest BCUT2D eigenvalue weighted by Gasteiger charge is -2.03. The van der Waals surface area contributed by atoms with Gasteiger partial charge in [0, 0.05) is 5.56 Å². The van der Waals surface area contributed by atoms with Crippen molar-refractivity contribution in [1.82, 2.24) is 4.98 Å². The highest BCUT2D eigenvalue weighted by atomic mass is 32.1. The molecule has 1 N–H and O–H groups in total. The van der Waals surface area contributed by atoms with Gasteiger partial charge in [-0.1, -0.05) is 17.4 Å². The number of carbonyl (C=O) groups excluding carboxylic acids is 2. The fourth-order valence-corrected chi connectivity index (χ4v) is 2.91. The Bertz CT molecular complexity index is 907. The summed E-state index contributed by atoms with van der Waals surface area (Å²) in [6, 6.07) is 10.4. The molecule has 2 aromatic carbocycles. The van der Waals surface area contributed by atoms with E-state index in [0.717, 1.165) is 0 Å². The van der Waals surface area contributed by atoms with E-state index < -0.39 is 11.9 Å². The van der Waals surface area contributed by atoms with Crippen LogP contribution in [0.5, 0.6) is 0 Å². The molecule has 0 radical (unpaired) electrons. The van der Waals surface area contributed by atoms with E-state index in [0.29, 0.717) is 20.9 Å². The number of hydrogen-bond acceptors (Lipinski definition) is 5. The van der Waals surface area contributed by atoms with Crippen molar-refractivity contribution in [2.45, 2.75) is 0 Å². The largest absolute Gasteiger partial charge is 0.465 e. The number of thiazole rings is 1. The molecule has 0 aliphatic carbocycles. The van der Waals surface area contributed by atoms with Gasteiger partial charge in [-0.3, -0.25) is 10.1 Å². The van der Waals surface area contributed by atoms with Crippen molar-refractivity contribution in [3.63, 3.8) is 0 Å². The molecule has 3 aromatic rings. The van der Waals surface area contributed by atoms with Gasteiger partial charge in [0.25, 0.3) is 5.91 Å². The molecule has 0 bridgehead atoms. The minimum absolute atomic E-state index is 0.284. The topological polar surface area (TPSA) is 68.3 Å². The highest BCUT2D eigenvalue weighted by Gasteiger charge is 2.13. The number of carbonyl (C=O) groups is 2. The molecule has 1 heterocycles. The number of halogens is 1. The number of hydrogen-bond donors (Lipinski definition) is 1. The average Bonchev–Trinajstić information content (AvgIpc) is 2.95. The molecular weight excluding hydrogens is 319 g/mol. The predicted octanol–water partition coefficient (Wildman–Crippen LogP) is 3.47. The summed E-state index contributed by atoms with van der Waals surface area (Å²) in [4.78, 5) is 28.0. The van der Waals surface area contributed by atoms with Crippen LogP contribution in [0.2, 0.25) is 0 Å². The fourth-order valence-electron chi connectivity index (χ4n) is 2.03. The molecule has 1 amide bonds. The quantitative estimate of drug-likeness (QED) is 0.747. The molecular formula is C16H11FN2O3S. The number of rotatable bonds is 3. The zero-order chi connectivity index (χ0) is 16.4. The van der Waals surface area contributed by atoms with Gasteiger partial charge >= 0.3 is 5.97 Å². The molecule has 0 saturated carbocycles. The third kappa shape index (κ3) is 3.19. The summed E-state index contributed by atoms with van der Waals surface area (Å²) in [5.74, 6) is -1.28. The van der Waals surface area contributed by atoms with E-state index in [2.05, 4.69) is 15.0 Å². The van der Waals surface area contributed by atoms with Gasteiger partial charge in [-0.15, -0.1) is 0 Å². The Kier molecular flexibility index (Phi) is 4.03. The van der Waals surface area contributed by atoms with Gasteiger partial charge in [0.05, 0.1) is 22.9 Å². The zero-order valence-electron chi connectivity index (χ0n) is 12.0. The number of amides is 1. The minimum Gasteiger partial charge on any atom is -0.465 e. The van der Waals surface area contributed by atoms with Crippen LogP contribution in [0.1, 0.15) is 20.7 Å². The normalized spacial score (nSPS) is 10.5. The summed E-state index contributed by atoms with van der Waals surface area (Å²) in [6.45, 7) is 0. The van der Waals surface area contributed by atoms with Crippen LogP contribution >= 0.6 is 11.3 Å². The lowest BCUT2D eigenvalue weighted by atomic mass is 10.1. The first-order valence-corrected chi connectivity index (χ1v) is 7.44. The van der Waals surface area contributed by atoms with Crippen LogP contribution in [0.3, 0.4) is 0 Å². The summed E-state index contributed by atoms with van der Waals surface area (Å²) < 4.78 is 18.4. The van der Waals surface area contributed by atoms with Crippen molar-refractivity contribution < 1.29 is 18.7 Å². The summed E-state index contributed by atoms with van der Waals surface area (Å²) in [5, 5.41) is 3.01. The maximum Gasteiger partial charge on any atom is 0.337 e. The second-order valence-corrected chi connectivity index (χ2v) is 5.69. The van der Waals surface area contributed by atoms with E-state index in [1.807, 2.05) is 0 Å². The van der Waals surface area contributed by atoms with E-state index in [-0.39, 0.29) is 11.4 Å². The number of esters is 1. The lowest BCUT2D eigenvalue weighted by Crippen LogP contribution is -2.12. The van der Waals surface area contributed by atoms with Crippen LogP contribution in [-0.4, -0.2) is 24.0 Å². The van der Waals surface area contributed by atoms with Gasteiger partial charge in [-0.2, -0.15) is 0 Å². The van der Waals surface area contributed by atoms with Crippen LogP contribution in [-0.2, 0) is 4.74 Å². The first-order valence-electron chi connectivity index (χ1n) is 6.62. The van der Waals surface area contributed by atoms with Gasteiger partial charge in [0.1, 0.15) is 5.82 Å². The minimum atomic E-state index is -0.518. The smallest absolute Gasteiger partial charge is 0.337 e. The van der Waals surface area contributed by atoms with E-state index in [1.54, 1.807) is 24.3 Å². The second kappa shape index (κ2) is 6.13. The Hall–Kier alpha value is -2.80. The van der Waals surface area contributed by atoms with Gasteiger partial charge in [0.15, 0.2) is 5.13 Å². The summed E-state index contributed by atoms with van der Waals surface area (Å²) in [7, 11) is 1.27. The number of fused-ring (bicyclic) bond motifs is 1. The third-order valence-electron chi connectivity index (χ3n) is 3.12. The number of aromatic nitrogens is 1. The van der Waals surface area contributed by atoms with E-state index in [9.17, 15) is 14.0 Å². The maximum atomic E-state index is 13.2. The van der Waals surface area contributed by atoms with Crippen molar-refractivity contribution >= 4 is 38.6 Å². The van der Waals surface area contributed by atoms with E-state index in [4.69, 9.17) is 0 Å². The molecule has 0 fully saturated rings. The van der Waals surface area contributed by atoms with Crippen molar-refractivity contribution in [2.24, 2.45) is 0 Å². The van der Waals surface area contributed by atoms with Gasteiger partial charge in [-0.05, 0) is 36.4 Å². The molecule has 0 aliphatic rings. The van der Waals surface area contributed by atoms with Crippen LogP contribution < -0.4 is 5.32 Å². The highest BCUT2D eigenvalue weighted by Crippen LogP contribution is 2.26. The van der Waals surface area contributed by atoms with Crippen molar-refractivity contribution in [3.05, 3.63) is 59.4 Å². The molecule has 23 heavy (non-hydrogen) atoms. The molecule has 116 valence electrons. The molecule has 3 rings (SSSR count). The first kappa shape index (κ1) is 15.1. The number of benzene rings is 2. The Morgan fingerprint density at radius 2 is 1.96 bits per heavy atom. The SMILES string of the molecule is COC(=O)c1cccc(C(=O)Nc2nc3ccc(F)cc3s2)c1. The van der Waals surface area contributed by atoms with Crippen LogP contribution in [0, 0.1) is 5.82 Å². The molecule has 1 aromatic heterocycles. The Morgan fingerprint density at radius 1 is 1.17 bits per heavy atom. The second-order valence-electron chi connectivity index (χ2n) is 4.66. The zero-order valence-corrected chi connectivity index (χ0v) is 12.8. The van der Waals surface area contributed by atoms with Gasteiger partial charge in [-0.25, -0.2) is 14.2 Å². The Labute approximate surface area is 134 Å². The number of ether oxygens (including phenoxy) is 1.